The van der Waals surface area contributed by atoms with Gasteiger partial charge in [0.25, 0.3) is 0 Å². The van der Waals surface area contributed by atoms with Crippen LogP contribution in [0.2, 0.25) is 0 Å². The lowest BCUT2D eigenvalue weighted by atomic mass is 10.6. The maximum atomic E-state index is 4.19. The van der Waals surface area contributed by atoms with Gasteiger partial charge >= 0.3 is 0 Å². The number of aromatic nitrogens is 1. The molecule has 0 aromatic carbocycles. The first-order valence-corrected chi connectivity index (χ1v) is 5.27. The third kappa shape index (κ3) is 2.71. The lowest BCUT2D eigenvalue weighted by Gasteiger charge is -2.00. The molecule has 0 atom stereocenters. The Kier molecular flexibility index (Phi) is 3.22. The number of rotatable bonds is 3. The summed E-state index contributed by atoms with van der Waals surface area (Å²) in [4.78, 5) is 4.19. The van der Waals surface area contributed by atoms with E-state index in [0.29, 0.717) is 5.25 Å². The van der Waals surface area contributed by atoms with E-state index < -0.39 is 0 Å². The predicted molar refractivity (Wildman–Crippen MR) is 48.5 cm³/mol. The van der Waals surface area contributed by atoms with Crippen LogP contribution in [0, 0.1) is 0 Å². The molecule has 0 spiro atoms. The first kappa shape index (κ1) is 8.08. The topological polar surface area (TPSA) is 12.9 Å². The molecule has 0 aliphatic heterocycles. The van der Waals surface area contributed by atoms with E-state index in [1.165, 1.54) is 5.69 Å². The molecule has 0 amide bonds. The molecule has 10 heavy (non-hydrogen) atoms. The second-order valence-electron chi connectivity index (χ2n) is 2.34. The summed E-state index contributed by atoms with van der Waals surface area (Å²) in [6.07, 6.45) is 0. The van der Waals surface area contributed by atoms with Crippen molar-refractivity contribution in [3.05, 3.63) is 16.6 Å². The van der Waals surface area contributed by atoms with Gasteiger partial charge in [0.2, 0.25) is 0 Å². The van der Waals surface area contributed by atoms with Gasteiger partial charge < -0.3 is 0 Å². The molecule has 1 heterocycles. The van der Waals surface area contributed by atoms with E-state index in [1.54, 1.807) is 11.3 Å². The Balaban J connectivity index is 2.28. The highest BCUT2D eigenvalue weighted by Gasteiger charge is 1.96. The van der Waals surface area contributed by atoms with Crippen LogP contribution in [-0.4, -0.2) is 10.2 Å². The van der Waals surface area contributed by atoms with E-state index in [2.05, 4.69) is 24.2 Å². The molecular formula is C7H11NS2. The second-order valence-corrected chi connectivity index (χ2v) is 4.62. The number of nitrogens with zero attached hydrogens (tertiary/aromatic N) is 1. The maximum Gasteiger partial charge on any atom is 0.0795 e. The fourth-order valence-electron chi connectivity index (χ4n) is 0.561. The molecule has 0 saturated carbocycles. The van der Waals surface area contributed by atoms with Crippen LogP contribution >= 0.6 is 23.1 Å². The molecule has 3 heteroatoms. The lowest BCUT2D eigenvalue weighted by Crippen LogP contribution is -1.88. The highest BCUT2D eigenvalue weighted by Crippen LogP contribution is 2.16. The molecule has 0 fully saturated rings. The number of thioether (sulfide) groups is 1. The van der Waals surface area contributed by atoms with Gasteiger partial charge in [-0.15, -0.1) is 11.3 Å². The molecule has 0 aliphatic carbocycles. The largest absolute Gasteiger partial charge is 0.249 e. The van der Waals surface area contributed by atoms with E-state index in [0.717, 1.165) is 5.75 Å². The van der Waals surface area contributed by atoms with Crippen molar-refractivity contribution < 1.29 is 0 Å². The minimum Gasteiger partial charge on any atom is -0.249 e. The van der Waals surface area contributed by atoms with Crippen LogP contribution < -0.4 is 0 Å². The normalized spacial score (nSPS) is 10.7. The Hall–Kier alpha value is -0.0200. The van der Waals surface area contributed by atoms with E-state index in [4.69, 9.17) is 0 Å². The Morgan fingerprint density at radius 1 is 1.70 bits per heavy atom. The molecule has 0 unspecified atom stereocenters. The van der Waals surface area contributed by atoms with Crippen molar-refractivity contribution in [3.63, 3.8) is 0 Å². The van der Waals surface area contributed by atoms with E-state index >= 15 is 0 Å². The molecule has 1 aromatic heterocycles. The summed E-state index contributed by atoms with van der Waals surface area (Å²) in [5.74, 6) is 1.06. The SMILES string of the molecule is CC(C)SCc1cscn1. The van der Waals surface area contributed by atoms with Crippen LogP contribution in [-0.2, 0) is 5.75 Å². The highest BCUT2D eigenvalue weighted by atomic mass is 32.2. The predicted octanol–water partition coefficient (Wildman–Crippen LogP) is 2.78. The first-order valence-electron chi connectivity index (χ1n) is 3.27. The molecule has 0 aliphatic rings. The van der Waals surface area contributed by atoms with Gasteiger partial charge in [0.05, 0.1) is 11.2 Å². The Labute approximate surface area is 69.9 Å². The second kappa shape index (κ2) is 3.98. The summed E-state index contributed by atoms with van der Waals surface area (Å²) in [7, 11) is 0. The van der Waals surface area contributed by atoms with Gasteiger partial charge in [-0.1, -0.05) is 13.8 Å². The summed E-state index contributed by atoms with van der Waals surface area (Å²) in [6.45, 7) is 4.41. The summed E-state index contributed by atoms with van der Waals surface area (Å²) in [5, 5.41) is 2.82. The van der Waals surface area contributed by atoms with Crippen LogP contribution in [0.1, 0.15) is 19.5 Å². The van der Waals surface area contributed by atoms with Gasteiger partial charge in [0.15, 0.2) is 0 Å². The quantitative estimate of drug-likeness (QED) is 0.697. The van der Waals surface area contributed by atoms with Gasteiger partial charge in [-0.2, -0.15) is 11.8 Å². The van der Waals surface area contributed by atoms with Crippen molar-refractivity contribution in [2.24, 2.45) is 0 Å². The fourth-order valence-corrected chi connectivity index (χ4v) is 1.89. The Bertz CT molecular complexity index is 170. The Morgan fingerprint density at radius 2 is 2.50 bits per heavy atom. The fraction of sp³-hybridized carbons (Fsp3) is 0.571. The summed E-state index contributed by atoms with van der Waals surface area (Å²) >= 11 is 3.60. The molecule has 1 nitrogen and oxygen atoms in total. The van der Waals surface area contributed by atoms with Gasteiger partial charge in [0.1, 0.15) is 0 Å². The average molecular weight is 173 g/mol. The maximum absolute atomic E-state index is 4.19. The lowest BCUT2D eigenvalue weighted by molar-refractivity contribution is 1.10. The zero-order chi connectivity index (χ0) is 7.40. The van der Waals surface area contributed by atoms with Crippen LogP contribution in [0.25, 0.3) is 0 Å². The molecular weight excluding hydrogens is 162 g/mol. The number of hydrogen-bond acceptors (Lipinski definition) is 3. The minimum atomic E-state index is 0.710. The van der Waals surface area contributed by atoms with Gasteiger partial charge in [0, 0.05) is 11.1 Å². The van der Waals surface area contributed by atoms with Crippen LogP contribution in [0.15, 0.2) is 10.9 Å². The van der Waals surface area contributed by atoms with Crippen molar-refractivity contribution in [1.29, 1.82) is 0 Å². The number of hydrogen-bond donors (Lipinski definition) is 0. The summed E-state index contributed by atoms with van der Waals surface area (Å²) in [6, 6.07) is 0. The molecule has 0 bridgehead atoms. The molecule has 0 N–H and O–H groups in total. The third-order valence-corrected chi connectivity index (χ3v) is 2.81. The standard InChI is InChI=1S/C7H11NS2/c1-6(2)10-4-7-3-9-5-8-7/h3,5-6H,4H2,1-2H3. The van der Waals surface area contributed by atoms with Crippen molar-refractivity contribution in [1.82, 2.24) is 4.98 Å². The van der Waals surface area contributed by atoms with Crippen molar-refractivity contribution >= 4 is 23.1 Å². The Morgan fingerprint density at radius 3 is 3.00 bits per heavy atom. The zero-order valence-corrected chi connectivity index (χ0v) is 7.84. The summed E-state index contributed by atoms with van der Waals surface area (Å²) in [5.41, 5.74) is 3.10. The smallest absolute Gasteiger partial charge is 0.0795 e. The van der Waals surface area contributed by atoms with Gasteiger partial charge in [-0.25, -0.2) is 4.98 Å². The van der Waals surface area contributed by atoms with Crippen LogP contribution in [0.3, 0.4) is 0 Å². The molecule has 56 valence electrons. The van der Waals surface area contributed by atoms with Crippen LogP contribution in [0.5, 0.6) is 0 Å². The van der Waals surface area contributed by atoms with E-state index in [-0.39, 0.29) is 0 Å². The van der Waals surface area contributed by atoms with Crippen molar-refractivity contribution in [3.8, 4) is 0 Å². The van der Waals surface area contributed by atoms with E-state index in [1.807, 2.05) is 17.3 Å². The summed E-state index contributed by atoms with van der Waals surface area (Å²) < 4.78 is 0. The van der Waals surface area contributed by atoms with Gasteiger partial charge in [-0.05, 0) is 5.25 Å². The van der Waals surface area contributed by atoms with Crippen LogP contribution in [0.4, 0.5) is 0 Å². The third-order valence-electron chi connectivity index (χ3n) is 1.05. The minimum absolute atomic E-state index is 0.710. The zero-order valence-electron chi connectivity index (χ0n) is 6.20. The molecule has 0 saturated heterocycles. The van der Waals surface area contributed by atoms with Gasteiger partial charge in [-0.3, -0.25) is 0 Å². The first-order chi connectivity index (χ1) is 4.79. The monoisotopic (exact) mass is 173 g/mol. The highest BCUT2D eigenvalue weighted by molar-refractivity contribution is 7.99. The van der Waals surface area contributed by atoms with E-state index in [9.17, 15) is 0 Å². The average Bonchev–Trinajstić information content (AvgIpc) is 2.34. The van der Waals surface area contributed by atoms with Crippen molar-refractivity contribution in [2.75, 3.05) is 0 Å². The number of thiazole rings is 1. The molecule has 1 rings (SSSR count). The van der Waals surface area contributed by atoms with Crippen molar-refractivity contribution in [2.45, 2.75) is 24.9 Å². The molecule has 0 radical (unpaired) electrons. The molecule has 1 aromatic rings.